The molecule has 2 heterocycles. The van der Waals surface area contributed by atoms with Crippen LogP contribution >= 0.6 is 0 Å². The summed E-state index contributed by atoms with van der Waals surface area (Å²) in [6.45, 7) is 24.2. The van der Waals surface area contributed by atoms with Crippen LogP contribution in [0.4, 0.5) is 4.39 Å². The molecule has 0 atom stereocenters. The number of hydrogen-bond donors (Lipinski definition) is 0. The number of hydrogen-bond acceptors (Lipinski definition) is 3. The number of pyridine rings is 1. The maximum Gasteiger partial charge on any atom is 0.123 e. The number of benzene rings is 1. The number of nitrogens with zero attached hydrogens (tertiary/aromatic N) is 2. The molecule has 36 heavy (non-hydrogen) atoms. The maximum absolute atomic E-state index is 13.3. The molecule has 0 radical (unpaired) electrons. The zero-order valence-electron chi connectivity index (χ0n) is 24.5. The molecule has 3 nitrogen and oxygen atoms in total. The first-order valence-corrected chi connectivity index (χ1v) is 13.8. The van der Waals surface area contributed by atoms with E-state index >= 15 is 0 Å². The van der Waals surface area contributed by atoms with Crippen LogP contribution in [0.15, 0.2) is 59.9 Å². The van der Waals surface area contributed by atoms with E-state index < -0.39 is 0 Å². The van der Waals surface area contributed by atoms with Gasteiger partial charge in [0.1, 0.15) is 5.82 Å². The zero-order valence-corrected chi connectivity index (χ0v) is 24.5. The first kappa shape index (κ1) is 33.7. The first-order chi connectivity index (χ1) is 17.5. The molecular formula is C32H51FN2O. The van der Waals surface area contributed by atoms with Gasteiger partial charge in [0.15, 0.2) is 0 Å². The Morgan fingerprint density at radius 1 is 0.806 bits per heavy atom. The van der Waals surface area contributed by atoms with Gasteiger partial charge in [-0.3, -0.25) is 9.88 Å². The lowest BCUT2D eigenvalue weighted by Gasteiger charge is -2.25. The molecule has 1 saturated heterocycles. The quantitative estimate of drug-likeness (QED) is 0.356. The van der Waals surface area contributed by atoms with Gasteiger partial charge in [0, 0.05) is 25.5 Å². The Kier molecular flexibility index (Phi) is 19.5. The van der Waals surface area contributed by atoms with E-state index in [1.807, 2.05) is 64.4 Å². The molecular weight excluding hydrogens is 447 g/mol. The summed E-state index contributed by atoms with van der Waals surface area (Å²) >= 11 is 0. The highest BCUT2D eigenvalue weighted by Gasteiger charge is 2.15. The fraction of sp³-hybridized carbons (Fsp3) is 0.531. The van der Waals surface area contributed by atoms with Gasteiger partial charge in [-0.1, -0.05) is 71.2 Å². The van der Waals surface area contributed by atoms with Crippen molar-refractivity contribution in [3.8, 4) is 0 Å². The molecule has 0 amide bonds. The van der Waals surface area contributed by atoms with Gasteiger partial charge in [-0.2, -0.15) is 0 Å². The molecule has 3 rings (SSSR count). The van der Waals surface area contributed by atoms with Crippen molar-refractivity contribution >= 4 is 11.1 Å². The molecule has 1 fully saturated rings. The first-order valence-electron chi connectivity index (χ1n) is 13.8. The summed E-state index contributed by atoms with van der Waals surface area (Å²) in [4.78, 5) is 6.57. The number of morpholine rings is 1. The lowest BCUT2D eigenvalue weighted by Crippen LogP contribution is -2.36. The molecule has 0 spiro atoms. The van der Waals surface area contributed by atoms with Crippen LogP contribution in [0.25, 0.3) is 11.1 Å². The lowest BCUT2D eigenvalue weighted by atomic mass is 9.86. The van der Waals surface area contributed by atoms with Crippen molar-refractivity contribution in [1.82, 2.24) is 9.88 Å². The van der Waals surface area contributed by atoms with Crippen LogP contribution in [-0.2, 0) is 4.74 Å². The highest BCUT2D eigenvalue weighted by atomic mass is 19.1. The minimum absolute atomic E-state index is 0.205. The van der Waals surface area contributed by atoms with Gasteiger partial charge in [-0.15, -0.1) is 0 Å². The standard InChI is InChI=1S/C21H24FN.C7H15NO.2C2H6/c1-5-6-16(4)21(17-7-9-19(22)10-8-17)20(15(2)3)18-11-13-23-14-12-18;1-2-3-8-4-6-9-7-5-8;2*1-2/h7-14H,5-6H2,1-4H3;2-7H2,1H3;2*1-2H3/b21-16+;;;. The average Bonchev–Trinajstić information content (AvgIpc) is 2.92. The highest BCUT2D eigenvalue weighted by Crippen LogP contribution is 2.37. The molecule has 1 aromatic carbocycles. The van der Waals surface area contributed by atoms with Crippen LogP contribution in [0.1, 0.15) is 92.7 Å². The van der Waals surface area contributed by atoms with E-state index in [-0.39, 0.29) is 5.82 Å². The van der Waals surface area contributed by atoms with Gasteiger partial charge in [-0.25, -0.2) is 4.39 Å². The molecule has 1 aliphatic heterocycles. The Morgan fingerprint density at radius 3 is 1.81 bits per heavy atom. The van der Waals surface area contributed by atoms with Crippen molar-refractivity contribution in [2.45, 2.75) is 81.6 Å². The van der Waals surface area contributed by atoms with Crippen LogP contribution in [0.5, 0.6) is 0 Å². The van der Waals surface area contributed by atoms with Crippen molar-refractivity contribution in [2.24, 2.45) is 0 Å². The highest BCUT2D eigenvalue weighted by molar-refractivity contribution is 6.07. The molecule has 0 unspecified atom stereocenters. The van der Waals surface area contributed by atoms with Gasteiger partial charge in [0.05, 0.1) is 13.2 Å². The second-order valence-corrected chi connectivity index (χ2v) is 8.48. The van der Waals surface area contributed by atoms with Crippen LogP contribution in [0.2, 0.25) is 0 Å². The van der Waals surface area contributed by atoms with Gasteiger partial charge < -0.3 is 4.74 Å². The second-order valence-electron chi connectivity index (χ2n) is 8.48. The third-order valence-electron chi connectivity index (χ3n) is 5.55. The van der Waals surface area contributed by atoms with E-state index in [4.69, 9.17) is 4.74 Å². The minimum atomic E-state index is -0.205. The predicted octanol–water partition coefficient (Wildman–Crippen LogP) is 9.07. The Balaban J connectivity index is 0.000000783. The molecule has 4 heteroatoms. The third kappa shape index (κ3) is 12.1. The Hall–Kier alpha value is -2.30. The van der Waals surface area contributed by atoms with Gasteiger partial charge in [0.2, 0.25) is 0 Å². The van der Waals surface area contributed by atoms with Gasteiger partial charge in [-0.05, 0) is 86.7 Å². The van der Waals surface area contributed by atoms with E-state index in [2.05, 4.69) is 44.5 Å². The van der Waals surface area contributed by atoms with Crippen molar-refractivity contribution < 1.29 is 9.13 Å². The summed E-state index contributed by atoms with van der Waals surface area (Å²) in [6.07, 6.45) is 7.00. The van der Waals surface area contributed by atoms with Crippen molar-refractivity contribution in [3.63, 3.8) is 0 Å². The molecule has 2 aromatic rings. The molecule has 202 valence electrons. The number of rotatable bonds is 7. The molecule has 0 bridgehead atoms. The second kappa shape index (κ2) is 20.8. The number of allylic oxidation sites excluding steroid dienone is 4. The van der Waals surface area contributed by atoms with E-state index in [1.54, 1.807) is 0 Å². The molecule has 1 aliphatic rings. The number of ether oxygens (including phenoxy) is 1. The van der Waals surface area contributed by atoms with Crippen molar-refractivity contribution in [1.29, 1.82) is 0 Å². The average molecular weight is 499 g/mol. The van der Waals surface area contributed by atoms with Gasteiger partial charge >= 0.3 is 0 Å². The minimum Gasteiger partial charge on any atom is -0.379 e. The summed E-state index contributed by atoms with van der Waals surface area (Å²) in [5, 5.41) is 0. The predicted molar refractivity (Wildman–Crippen MR) is 157 cm³/mol. The fourth-order valence-corrected chi connectivity index (χ4v) is 4.06. The zero-order chi connectivity index (χ0) is 27.3. The van der Waals surface area contributed by atoms with Crippen molar-refractivity contribution in [2.75, 3.05) is 32.8 Å². The van der Waals surface area contributed by atoms with E-state index in [1.165, 1.54) is 47.4 Å². The largest absolute Gasteiger partial charge is 0.379 e. The lowest BCUT2D eigenvalue weighted by molar-refractivity contribution is 0.0380. The van der Waals surface area contributed by atoms with Crippen LogP contribution < -0.4 is 0 Å². The molecule has 0 N–H and O–H groups in total. The maximum atomic E-state index is 13.3. The molecule has 0 aliphatic carbocycles. The SMILES string of the molecule is CC.CC.CCC/C(C)=C(/C(=C(C)C)c1ccncc1)c1ccc(F)cc1.CCCN1CCOCC1. The van der Waals surface area contributed by atoms with Crippen LogP contribution in [0, 0.1) is 5.82 Å². The number of halogens is 1. The monoisotopic (exact) mass is 498 g/mol. The summed E-state index contributed by atoms with van der Waals surface area (Å²) in [6, 6.07) is 10.9. The summed E-state index contributed by atoms with van der Waals surface area (Å²) < 4.78 is 18.5. The van der Waals surface area contributed by atoms with Crippen molar-refractivity contribution in [3.05, 3.63) is 76.9 Å². The fourth-order valence-electron chi connectivity index (χ4n) is 4.06. The topological polar surface area (TPSA) is 25.4 Å². The molecule has 1 aromatic heterocycles. The normalized spacial score (nSPS) is 13.5. The van der Waals surface area contributed by atoms with Crippen LogP contribution in [0.3, 0.4) is 0 Å². The van der Waals surface area contributed by atoms with E-state index in [9.17, 15) is 4.39 Å². The summed E-state index contributed by atoms with van der Waals surface area (Å²) in [7, 11) is 0. The van der Waals surface area contributed by atoms with E-state index in [0.717, 1.165) is 50.3 Å². The van der Waals surface area contributed by atoms with Crippen LogP contribution in [-0.4, -0.2) is 42.7 Å². The molecule has 0 saturated carbocycles. The number of aromatic nitrogens is 1. The summed E-state index contributed by atoms with van der Waals surface area (Å²) in [5.41, 5.74) is 7.20. The Morgan fingerprint density at radius 2 is 1.33 bits per heavy atom. The van der Waals surface area contributed by atoms with E-state index in [0.29, 0.717) is 0 Å². The smallest absolute Gasteiger partial charge is 0.123 e. The Bertz CT molecular complexity index is 860. The van der Waals surface area contributed by atoms with Gasteiger partial charge in [0.25, 0.3) is 0 Å². The summed E-state index contributed by atoms with van der Waals surface area (Å²) in [5.74, 6) is -0.205. The third-order valence-corrected chi connectivity index (χ3v) is 5.55. The Labute approximate surface area is 221 Å².